The fraction of sp³-hybridized carbons (Fsp3) is 0.0312. The van der Waals surface area contributed by atoms with Crippen molar-refractivity contribution in [2.24, 2.45) is 34.9 Å². The number of amidine groups is 7. The zero-order valence-electron chi connectivity index (χ0n) is 21.9. The minimum atomic E-state index is -0.358. The normalized spacial score (nSPS) is 19.4. The molecule has 0 fully saturated rings. The number of aliphatic imine (C=N–C) groups is 7. The summed E-state index contributed by atoms with van der Waals surface area (Å²) in [5, 5.41) is 3.52. The second-order valence-corrected chi connectivity index (χ2v) is 9.86. The van der Waals surface area contributed by atoms with Crippen molar-refractivity contribution in [1.29, 1.82) is 0 Å². The largest absolute Gasteiger partial charge is 0.344 e. The van der Waals surface area contributed by atoms with Crippen LogP contribution in [0.4, 0.5) is 0 Å². The van der Waals surface area contributed by atoms with Gasteiger partial charge in [0.05, 0.1) is 0 Å². The van der Waals surface area contributed by atoms with Crippen molar-refractivity contribution >= 4 is 40.8 Å². The van der Waals surface area contributed by atoms with Gasteiger partial charge in [-0.1, -0.05) is 97.1 Å². The van der Waals surface area contributed by atoms with E-state index in [1.807, 2.05) is 84.9 Å². The number of rotatable bonds is 0. The number of nitrogens with zero attached hydrogens (tertiary/aromatic N) is 7. The van der Waals surface area contributed by atoms with Crippen molar-refractivity contribution in [1.82, 2.24) is 5.32 Å². The molecule has 1 N–H and O–H groups in total. The van der Waals surface area contributed by atoms with Crippen LogP contribution < -0.4 is 5.32 Å². The van der Waals surface area contributed by atoms with E-state index in [9.17, 15) is 0 Å². The summed E-state index contributed by atoms with van der Waals surface area (Å²) in [7, 11) is 0. The summed E-state index contributed by atoms with van der Waals surface area (Å²) < 4.78 is 8.25. The van der Waals surface area contributed by atoms with Crippen molar-refractivity contribution in [3.05, 3.63) is 142 Å². The summed E-state index contributed by atoms with van der Waals surface area (Å²) in [4.78, 5) is 34.7. The molecule has 0 spiro atoms. The molecule has 5 aliphatic rings. The van der Waals surface area contributed by atoms with Crippen LogP contribution in [0, 0.1) is 0 Å². The first-order valence-electron chi connectivity index (χ1n) is 13.3. The predicted molar refractivity (Wildman–Crippen MR) is 158 cm³/mol. The van der Waals surface area contributed by atoms with Gasteiger partial charge in [0.2, 0.25) is 0 Å². The molecule has 0 radical (unpaired) electrons. The third-order valence-corrected chi connectivity index (χ3v) is 7.54. The van der Waals surface area contributed by atoms with Crippen molar-refractivity contribution in [2.75, 3.05) is 0 Å². The van der Waals surface area contributed by atoms with E-state index in [1.54, 1.807) is 0 Å². The fourth-order valence-electron chi connectivity index (χ4n) is 5.67. The Bertz CT molecular complexity index is 2070. The molecule has 0 saturated carbocycles. The van der Waals surface area contributed by atoms with Gasteiger partial charge in [0, 0.05) is 44.5 Å². The number of benzene rings is 4. The van der Waals surface area contributed by atoms with Gasteiger partial charge in [-0.15, -0.1) is 0 Å². The Kier molecular flexibility index (Phi) is 5.73. The molecule has 0 saturated heterocycles. The molecule has 5 heterocycles. The van der Waals surface area contributed by atoms with E-state index in [1.165, 1.54) is 0 Å². The Balaban J connectivity index is 0.00000131. The van der Waals surface area contributed by atoms with Gasteiger partial charge in [-0.2, -0.15) is 0 Å². The minimum Gasteiger partial charge on any atom is -0.344 e. The standard InChI is InChI=1S/C32H18N8.O.Ti/c1-2-10-18-17(9-1)25-33-26(18)38-28-21-13-5-6-14-22(21)30(35-28)40-32-24-16-8-7-15-23(24)31(36-32)39-29-20-12-4-3-11-19(20)27(34-29)37-25;;/h1-16,25H,(H,33,34,35,36,37,38,39,40);;. The van der Waals surface area contributed by atoms with Crippen LogP contribution in [0.3, 0.4) is 0 Å². The molecule has 1 unspecified atom stereocenters. The Hall–Kier alpha value is -5.12. The van der Waals surface area contributed by atoms with Gasteiger partial charge in [-0.05, 0) is 0 Å². The molecule has 0 amide bonds. The molecule has 0 aliphatic carbocycles. The van der Waals surface area contributed by atoms with Crippen LogP contribution >= 0.6 is 0 Å². The maximum Gasteiger partial charge on any atom is 0.164 e. The quantitative estimate of drug-likeness (QED) is 0.309. The minimum absolute atomic E-state index is 0.358. The molecule has 8 bridgehead atoms. The van der Waals surface area contributed by atoms with Gasteiger partial charge in [-0.25, -0.2) is 34.9 Å². The molecule has 9 rings (SSSR count). The van der Waals surface area contributed by atoms with E-state index in [0.29, 0.717) is 40.8 Å². The van der Waals surface area contributed by atoms with Crippen LogP contribution in [0.15, 0.2) is 132 Å². The van der Waals surface area contributed by atoms with Crippen LogP contribution in [0.2, 0.25) is 0 Å². The molecule has 4 aromatic rings. The van der Waals surface area contributed by atoms with E-state index in [4.69, 9.17) is 38.3 Å². The maximum absolute atomic E-state index is 8.25. The van der Waals surface area contributed by atoms with Crippen LogP contribution in [0.5, 0.6) is 0 Å². The fourth-order valence-corrected chi connectivity index (χ4v) is 5.67. The van der Waals surface area contributed by atoms with Gasteiger partial charge in [-0.3, -0.25) is 0 Å². The number of nitrogens with one attached hydrogen (secondary N) is 1. The SMILES string of the molecule is [O]=[Ti].c1ccc2c(c1)C1=NC3=NC(=NC4=N/C(=N\C5NC(=NC2=N1)c1ccccc15)c1ccccc14)c1ccccc13. The monoisotopic (exact) mass is 578 g/mol. The van der Waals surface area contributed by atoms with Crippen molar-refractivity contribution in [3.63, 3.8) is 0 Å². The van der Waals surface area contributed by atoms with Gasteiger partial charge in [0.15, 0.2) is 35.0 Å². The zero-order chi connectivity index (χ0) is 28.2. The molecular formula is C32H18N8OTi. The number of hydrogen-bond acceptors (Lipinski definition) is 9. The maximum atomic E-state index is 8.25. The Morgan fingerprint density at radius 3 is 1.21 bits per heavy atom. The molecule has 0 aromatic heterocycles. The molecular weight excluding hydrogens is 560 g/mol. The zero-order valence-corrected chi connectivity index (χ0v) is 23.4. The van der Waals surface area contributed by atoms with E-state index in [-0.39, 0.29) is 6.17 Å². The molecule has 4 aromatic carbocycles. The van der Waals surface area contributed by atoms with Crippen molar-refractivity contribution in [2.45, 2.75) is 6.17 Å². The summed E-state index contributed by atoms with van der Waals surface area (Å²) >= 11 is 0.750. The summed E-state index contributed by atoms with van der Waals surface area (Å²) in [5.41, 5.74) is 7.52. The van der Waals surface area contributed by atoms with Crippen molar-refractivity contribution < 1.29 is 23.7 Å². The average Bonchev–Trinajstić information content (AvgIpc) is 3.78. The number of fused-ring (bicyclic) bond motifs is 17. The van der Waals surface area contributed by atoms with E-state index < -0.39 is 0 Å². The van der Waals surface area contributed by atoms with E-state index >= 15 is 0 Å². The summed E-state index contributed by atoms with van der Waals surface area (Å²) in [5.74, 6) is 4.21. The molecule has 5 aliphatic heterocycles. The van der Waals surface area contributed by atoms with E-state index in [2.05, 4.69) is 17.4 Å². The third kappa shape index (κ3) is 3.78. The second kappa shape index (κ2) is 9.76. The van der Waals surface area contributed by atoms with Crippen LogP contribution in [-0.2, 0) is 23.7 Å². The Morgan fingerprint density at radius 2 is 0.762 bits per heavy atom. The Morgan fingerprint density at radius 1 is 0.429 bits per heavy atom. The van der Waals surface area contributed by atoms with Gasteiger partial charge >= 0.3 is 23.7 Å². The summed E-state index contributed by atoms with van der Waals surface area (Å²) in [6.07, 6.45) is -0.358. The first-order valence-corrected chi connectivity index (χ1v) is 13.9. The first kappa shape index (κ1) is 24.7. The molecule has 9 nitrogen and oxygen atoms in total. The molecule has 1 atom stereocenters. The molecule has 10 heteroatoms. The van der Waals surface area contributed by atoms with Crippen LogP contribution in [-0.4, -0.2) is 40.8 Å². The molecule has 196 valence electrons. The van der Waals surface area contributed by atoms with Gasteiger partial charge < -0.3 is 5.32 Å². The number of hydrogen-bond donors (Lipinski definition) is 1. The first-order chi connectivity index (χ1) is 20.8. The summed E-state index contributed by atoms with van der Waals surface area (Å²) in [6.45, 7) is 0. The predicted octanol–water partition coefficient (Wildman–Crippen LogP) is 4.55. The smallest absolute Gasteiger partial charge is 0.164 e. The van der Waals surface area contributed by atoms with Crippen LogP contribution in [0.25, 0.3) is 0 Å². The second-order valence-electron chi connectivity index (χ2n) is 9.86. The van der Waals surface area contributed by atoms with E-state index in [0.717, 1.165) is 64.9 Å². The topological polar surface area (TPSA) is 116 Å². The molecule has 42 heavy (non-hydrogen) atoms. The summed E-state index contributed by atoms with van der Waals surface area (Å²) in [6, 6.07) is 32.2. The van der Waals surface area contributed by atoms with Crippen molar-refractivity contribution in [3.8, 4) is 0 Å². The van der Waals surface area contributed by atoms with Gasteiger partial charge in [0.25, 0.3) is 0 Å². The Labute approximate surface area is 251 Å². The average molecular weight is 578 g/mol. The van der Waals surface area contributed by atoms with Crippen LogP contribution in [0.1, 0.15) is 50.7 Å². The third-order valence-electron chi connectivity index (χ3n) is 7.54. The van der Waals surface area contributed by atoms with Gasteiger partial charge in [0.1, 0.15) is 12.0 Å².